The highest BCUT2D eigenvalue weighted by Gasteiger charge is 2.86. The van der Waals surface area contributed by atoms with Crippen LogP contribution in [0.5, 0.6) is 0 Å². The predicted octanol–water partition coefficient (Wildman–Crippen LogP) is 1.08. The molecule has 2 heterocycles. The minimum absolute atomic E-state index is 0.406. The topological polar surface area (TPSA) is 18.5 Å². The molecule has 0 aromatic rings. The van der Waals surface area contributed by atoms with Gasteiger partial charge in [-0.25, -0.2) is 0 Å². The standard InChI is InChI=1S/C12H14O2/c1-2-11-5-14-6-12(11)8(1)10(12)7-3-13-4-9(7)11/h1-2,7-10H,3-6H2/t7-,8?,9+,10-,11+,12+/m1/s1. The summed E-state index contributed by atoms with van der Waals surface area (Å²) in [5.74, 6) is 3.42. The van der Waals surface area contributed by atoms with Gasteiger partial charge in [0.05, 0.1) is 26.4 Å². The third-order valence-corrected chi connectivity index (χ3v) is 5.86. The molecule has 0 N–H and O–H groups in total. The van der Waals surface area contributed by atoms with Crippen molar-refractivity contribution in [3.8, 4) is 0 Å². The highest BCUT2D eigenvalue weighted by molar-refractivity contribution is 5.43. The highest BCUT2D eigenvalue weighted by Crippen LogP contribution is 2.86. The molecular formula is C12H14O2. The van der Waals surface area contributed by atoms with Crippen molar-refractivity contribution in [1.29, 1.82) is 0 Å². The molecule has 5 aliphatic rings. The van der Waals surface area contributed by atoms with Gasteiger partial charge in [-0.05, 0) is 23.7 Å². The van der Waals surface area contributed by atoms with E-state index >= 15 is 0 Å². The number of hydrogen-bond donors (Lipinski definition) is 0. The van der Waals surface area contributed by atoms with Gasteiger partial charge in [0.15, 0.2) is 0 Å². The number of allylic oxidation sites excluding steroid dienone is 1. The molecule has 3 aliphatic carbocycles. The molecule has 74 valence electrons. The van der Waals surface area contributed by atoms with E-state index in [1.54, 1.807) is 0 Å². The lowest BCUT2D eigenvalue weighted by atomic mass is 9.70. The molecule has 2 saturated heterocycles. The molecule has 0 radical (unpaired) electrons. The van der Waals surface area contributed by atoms with Gasteiger partial charge in [-0.3, -0.25) is 0 Å². The summed E-state index contributed by atoms with van der Waals surface area (Å²) >= 11 is 0. The predicted molar refractivity (Wildman–Crippen MR) is 49.6 cm³/mol. The monoisotopic (exact) mass is 190 g/mol. The Labute approximate surface area is 83.3 Å². The lowest BCUT2D eigenvalue weighted by Gasteiger charge is -2.31. The van der Waals surface area contributed by atoms with Gasteiger partial charge in [-0.1, -0.05) is 12.2 Å². The van der Waals surface area contributed by atoms with Gasteiger partial charge in [-0.15, -0.1) is 0 Å². The Morgan fingerprint density at radius 3 is 3.14 bits per heavy atom. The van der Waals surface area contributed by atoms with E-state index in [9.17, 15) is 0 Å². The van der Waals surface area contributed by atoms with Crippen molar-refractivity contribution < 1.29 is 9.47 Å². The van der Waals surface area contributed by atoms with Crippen molar-refractivity contribution >= 4 is 0 Å². The first-order valence-electron chi connectivity index (χ1n) is 5.75. The maximum Gasteiger partial charge on any atom is 0.0567 e. The van der Waals surface area contributed by atoms with Gasteiger partial charge < -0.3 is 9.47 Å². The number of ether oxygens (including phenoxy) is 2. The van der Waals surface area contributed by atoms with E-state index in [1.165, 1.54) is 0 Å². The molecule has 1 unspecified atom stereocenters. The summed E-state index contributed by atoms with van der Waals surface area (Å²) in [6.07, 6.45) is 4.98. The summed E-state index contributed by atoms with van der Waals surface area (Å²) in [6.45, 7) is 4.02. The first-order chi connectivity index (χ1) is 6.90. The van der Waals surface area contributed by atoms with Crippen molar-refractivity contribution in [2.75, 3.05) is 26.4 Å². The molecule has 2 aliphatic heterocycles. The third kappa shape index (κ3) is 0.413. The number of hydrogen-bond acceptors (Lipinski definition) is 2. The first-order valence-corrected chi connectivity index (χ1v) is 5.75. The van der Waals surface area contributed by atoms with Crippen LogP contribution in [0.3, 0.4) is 0 Å². The van der Waals surface area contributed by atoms with Gasteiger partial charge in [0, 0.05) is 10.8 Å². The van der Waals surface area contributed by atoms with E-state index < -0.39 is 0 Å². The molecule has 5 rings (SSSR count). The SMILES string of the molecule is C1=C[C@@]23COC[C@@]24C1[C@H]4[C@@H]1COC[C@@H]13. The first kappa shape index (κ1) is 7.02. The van der Waals surface area contributed by atoms with Crippen molar-refractivity contribution in [2.24, 2.45) is 34.5 Å². The molecule has 2 saturated carbocycles. The molecule has 2 nitrogen and oxygen atoms in total. The van der Waals surface area contributed by atoms with Crippen LogP contribution in [0.2, 0.25) is 0 Å². The van der Waals surface area contributed by atoms with Crippen LogP contribution >= 0.6 is 0 Å². The normalized spacial score (nSPS) is 70.9. The van der Waals surface area contributed by atoms with Crippen LogP contribution in [-0.2, 0) is 9.47 Å². The smallest absolute Gasteiger partial charge is 0.0567 e. The maximum atomic E-state index is 5.78. The Hall–Kier alpha value is -0.340. The molecule has 1 spiro atoms. The third-order valence-electron chi connectivity index (χ3n) is 5.86. The number of rotatable bonds is 0. The molecule has 0 bridgehead atoms. The van der Waals surface area contributed by atoms with E-state index in [2.05, 4.69) is 12.2 Å². The van der Waals surface area contributed by atoms with Crippen LogP contribution in [0.15, 0.2) is 12.2 Å². The van der Waals surface area contributed by atoms with Gasteiger partial charge in [0.25, 0.3) is 0 Å². The Balaban J connectivity index is 1.79. The van der Waals surface area contributed by atoms with E-state index in [0.717, 1.165) is 50.1 Å². The Morgan fingerprint density at radius 1 is 1.14 bits per heavy atom. The fourth-order valence-corrected chi connectivity index (χ4v) is 5.42. The van der Waals surface area contributed by atoms with Crippen LogP contribution in [0.1, 0.15) is 0 Å². The summed E-state index contributed by atoms with van der Waals surface area (Å²) in [4.78, 5) is 0. The van der Waals surface area contributed by atoms with Crippen LogP contribution < -0.4 is 0 Å². The minimum Gasteiger partial charge on any atom is -0.381 e. The molecule has 4 fully saturated rings. The van der Waals surface area contributed by atoms with Crippen LogP contribution in [0, 0.1) is 34.5 Å². The zero-order valence-corrected chi connectivity index (χ0v) is 8.11. The fourth-order valence-electron chi connectivity index (χ4n) is 5.42. The van der Waals surface area contributed by atoms with Crippen LogP contribution in [0.4, 0.5) is 0 Å². The minimum atomic E-state index is 0.406. The van der Waals surface area contributed by atoms with Crippen molar-refractivity contribution in [2.45, 2.75) is 0 Å². The second-order valence-electron chi connectivity index (χ2n) is 5.79. The van der Waals surface area contributed by atoms with Gasteiger partial charge in [-0.2, -0.15) is 0 Å². The molecule has 0 aromatic heterocycles. The van der Waals surface area contributed by atoms with Gasteiger partial charge in [0.1, 0.15) is 0 Å². The molecule has 2 heteroatoms. The quantitative estimate of drug-likeness (QED) is 0.532. The highest BCUT2D eigenvalue weighted by atomic mass is 16.5. The fraction of sp³-hybridized carbons (Fsp3) is 0.833. The zero-order chi connectivity index (χ0) is 8.97. The van der Waals surface area contributed by atoms with Crippen LogP contribution in [0.25, 0.3) is 0 Å². The molecular weight excluding hydrogens is 176 g/mol. The Morgan fingerprint density at radius 2 is 2.14 bits per heavy atom. The summed E-state index contributed by atoms with van der Waals surface area (Å²) in [7, 11) is 0. The summed E-state index contributed by atoms with van der Waals surface area (Å²) in [5.41, 5.74) is 0.968. The molecule has 0 aromatic carbocycles. The lowest BCUT2D eigenvalue weighted by Crippen LogP contribution is -2.34. The number of fused-ring (bicyclic) bond motifs is 3. The molecule has 0 amide bonds. The van der Waals surface area contributed by atoms with Crippen molar-refractivity contribution in [3.63, 3.8) is 0 Å². The maximum absolute atomic E-state index is 5.78. The van der Waals surface area contributed by atoms with E-state index in [-0.39, 0.29) is 0 Å². The zero-order valence-electron chi connectivity index (χ0n) is 8.11. The van der Waals surface area contributed by atoms with Crippen molar-refractivity contribution in [1.82, 2.24) is 0 Å². The summed E-state index contributed by atoms with van der Waals surface area (Å²) < 4.78 is 11.5. The summed E-state index contributed by atoms with van der Waals surface area (Å²) in [6, 6.07) is 0. The molecule has 6 atom stereocenters. The van der Waals surface area contributed by atoms with E-state index in [1.807, 2.05) is 0 Å². The Kier molecular flexibility index (Phi) is 0.861. The van der Waals surface area contributed by atoms with Crippen molar-refractivity contribution in [3.05, 3.63) is 12.2 Å². The molecule has 14 heavy (non-hydrogen) atoms. The van der Waals surface area contributed by atoms with Gasteiger partial charge >= 0.3 is 0 Å². The van der Waals surface area contributed by atoms with Gasteiger partial charge in [0.2, 0.25) is 0 Å². The van der Waals surface area contributed by atoms with E-state index in [0.29, 0.717) is 10.8 Å². The Bertz CT molecular complexity index is 363. The average Bonchev–Trinajstić information content (AvgIpc) is 2.64. The second kappa shape index (κ2) is 1.72. The second-order valence-corrected chi connectivity index (χ2v) is 5.79. The lowest BCUT2D eigenvalue weighted by molar-refractivity contribution is 0.115. The average molecular weight is 190 g/mol. The summed E-state index contributed by atoms with van der Waals surface area (Å²) in [5, 5.41) is 0. The largest absolute Gasteiger partial charge is 0.381 e. The van der Waals surface area contributed by atoms with E-state index in [4.69, 9.17) is 9.47 Å². The van der Waals surface area contributed by atoms with Crippen LogP contribution in [-0.4, -0.2) is 26.4 Å².